The average molecular weight is 247 g/mol. The van der Waals surface area contributed by atoms with Gasteiger partial charge in [0.05, 0.1) is 6.61 Å². The van der Waals surface area contributed by atoms with Crippen LogP contribution in [-0.4, -0.2) is 26.4 Å². The van der Waals surface area contributed by atoms with Crippen molar-refractivity contribution in [2.45, 2.75) is 25.8 Å². The molecule has 1 N–H and O–H groups in total. The van der Waals surface area contributed by atoms with Crippen molar-refractivity contribution in [3.8, 4) is 5.75 Å². The van der Waals surface area contributed by atoms with Crippen molar-refractivity contribution < 1.29 is 9.47 Å². The molecule has 1 aromatic carbocycles. The lowest BCUT2D eigenvalue weighted by Gasteiger charge is -2.24. The number of nitrogens with one attached hydrogen (secondary N) is 1. The molecular weight excluding hydrogens is 226 g/mol. The molecule has 0 amide bonds. The van der Waals surface area contributed by atoms with Gasteiger partial charge in [0.15, 0.2) is 0 Å². The lowest BCUT2D eigenvalue weighted by Crippen LogP contribution is -2.25. The molecule has 98 valence electrons. The number of benzene rings is 1. The first-order valence-corrected chi connectivity index (χ1v) is 6.95. The van der Waals surface area contributed by atoms with E-state index < -0.39 is 0 Å². The van der Waals surface area contributed by atoms with Gasteiger partial charge in [-0.1, -0.05) is 12.1 Å². The van der Waals surface area contributed by atoms with Crippen molar-refractivity contribution >= 4 is 0 Å². The Morgan fingerprint density at radius 2 is 2.17 bits per heavy atom. The molecule has 2 aliphatic heterocycles. The van der Waals surface area contributed by atoms with Gasteiger partial charge in [-0.2, -0.15) is 0 Å². The highest BCUT2D eigenvalue weighted by molar-refractivity contribution is 5.41. The summed E-state index contributed by atoms with van der Waals surface area (Å²) >= 11 is 0. The zero-order valence-electron chi connectivity index (χ0n) is 10.8. The van der Waals surface area contributed by atoms with Gasteiger partial charge in [-0.15, -0.1) is 0 Å². The summed E-state index contributed by atoms with van der Waals surface area (Å²) in [6, 6.07) is 6.41. The molecule has 3 heteroatoms. The minimum Gasteiger partial charge on any atom is -0.493 e. The predicted molar refractivity (Wildman–Crippen MR) is 70.9 cm³/mol. The number of ether oxygens (including phenoxy) is 2. The monoisotopic (exact) mass is 247 g/mol. The maximum Gasteiger partial charge on any atom is 0.122 e. The summed E-state index contributed by atoms with van der Waals surface area (Å²) in [6.45, 7) is 4.66. The third-order valence-electron chi connectivity index (χ3n) is 3.91. The van der Waals surface area contributed by atoms with Crippen LogP contribution in [0.5, 0.6) is 5.75 Å². The molecule has 0 aliphatic carbocycles. The van der Waals surface area contributed by atoms with Gasteiger partial charge in [0.1, 0.15) is 5.75 Å². The van der Waals surface area contributed by atoms with Crippen LogP contribution in [-0.2, 0) is 17.7 Å². The van der Waals surface area contributed by atoms with Crippen LogP contribution in [0.25, 0.3) is 0 Å². The molecular formula is C15H21NO2. The van der Waals surface area contributed by atoms with Gasteiger partial charge in [-0.3, -0.25) is 0 Å². The van der Waals surface area contributed by atoms with Crippen LogP contribution in [0.3, 0.4) is 0 Å². The van der Waals surface area contributed by atoms with Gasteiger partial charge < -0.3 is 14.8 Å². The molecule has 0 unspecified atom stereocenters. The molecule has 1 fully saturated rings. The van der Waals surface area contributed by atoms with E-state index in [4.69, 9.17) is 9.47 Å². The van der Waals surface area contributed by atoms with Gasteiger partial charge in [0.25, 0.3) is 0 Å². The van der Waals surface area contributed by atoms with Crippen molar-refractivity contribution in [2.75, 3.05) is 26.4 Å². The number of hydrogen-bond acceptors (Lipinski definition) is 3. The Labute approximate surface area is 108 Å². The number of rotatable bonds is 3. The van der Waals surface area contributed by atoms with Crippen molar-refractivity contribution in [1.82, 2.24) is 5.32 Å². The minimum absolute atomic E-state index is 0.663. The van der Waals surface area contributed by atoms with Crippen LogP contribution in [0, 0.1) is 5.92 Å². The maximum absolute atomic E-state index is 6.06. The predicted octanol–water partition coefficient (Wildman–Crippen LogP) is 2.14. The first-order valence-electron chi connectivity index (χ1n) is 6.95. The molecule has 0 bridgehead atoms. The zero-order valence-corrected chi connectivity index (χ0v) is 10.8. The molecule has 3 rings (SSSR count). The second-order valence-electron chi connectivity index (χ2n) is 5.19. The van der Waals surface area contributed by atoms with Crippen molar-refractivity contribution in [3.63, 3.8) is 0 Å². The molecule has 2 heterocycles. The molecule has 0 radical (unpaired) electrons. The van der Waals surface area contributed by atoms with Crippen molar-refractivity contribution in [3.05, 3.63) is 29.3 Å². The fourth-order valence-electron chi connectivity index (χ4n) is 2.75. The molecule has 0 aromatic heterocycles. The highest BCUT2D eigenvalue weighted by atomic mass is 16.5. The largest absolute Gasteiger partial charge is 0.493 e. The van der Waals surface area contributed by atoms with Gasteiger partial charge in [-0.25, -0.2) is 0 Å². The Morgan fingerprint density at radius 1 is 1.28 bits per heavy atom. The summed E-state index contributed by atoms with van der Waals surface area (Å²) in [5, 5.41) is 3.40. The third-order valence-corrected chi connectivity index (χ3v) is 3.91. The molecule has 2 aliphatic rings. The first-order chi connectivity index (χ1) is 8.93. The van der Waals surface area contributed by atoms with E-state index in [1.807, 2.05) is 0 Å². The van der Waals surface area contributed by atoms with E-state index in [0.717, 1.165) is 57.9 Å². The molecule has 0 saturated carbocycles. The molecule has 1 saturated heterocycles. The Morgan fingerprint density at radius 3 is 3.06 bits per heavy atom. The van der Waals surface area contributed by atoms with E-state index in [-0.39, 0.29) is 0 Å². The highest BCUT2D eigenvalue weighted by Gasteiger charge is 2.17. The molecule has 3 nitrogen and oxygen atoms in total. The average Bonchev–Trinajstić information content (AvgIpc) is 2.46. The van der Waals surface area contributed by atoms with E-state index >= 15 is 0 Å². The summed E-state index contributed by atoms with van der Waals surface area (Å²) in [5.74, 6) is 1.76. The zero-order chi connectivity index (χ0) is 12.2. The van der Waals surface area contributed by atoms with Crippen molar-refractivity contribution in [1.29, 1.82) is 0 Å². The Bertz CT molecular complexity index is 399. The molecule has 0 spiro atoms. The highest BCUT2D eigenvalue weighted by Crippen LogP contribution is 2.26. The maximum atomic E-state index is 6.06. The third kappa shape index (κ3) is 2.68. The van der Waals surface area contributed by atoms with Gasteiger partial charge >= 0.3 is 0 Å². The first kappa shape index (κ1) is 12.0. The smallest absolute Gasteiger partial charge is 0.122 e. The van der Waals surface area contributed by atoms with Crippen molar-refractivity contribution in [2.24, 2.45) is 5.92 Å². The Kier molecular flexibility index (Phi) is 3.81. The lowest BCUT2D eigenvalue weighted by molar-refractivity contribution is 0.0496. The second-order valence-corrected chi connectivity index (χ2v) is 5.19. The van der Waals surface area contributed by atoms with E-state index in [1.54, 1.807) is 0 Å². The summed E-state index contributed by atoms with van der Waals surface area (Å²) in [5.41, 5.74) is 2.80. The fourth-order valence-corrected chi connectivity index (χ4v) is 2.75. The van der Waals surface area contributed by atoms with E-state index in [0.29, 0.717) is 5.92 Å². The van der Waals surface area contributed by atoms with Gasteiger partial charge in [-0.05, 0) is 48.9 Å². The summed E-state index contributed by atoms with van der Waals surface area (Å²) in [4.78, 5) is 0. The van der Waals surface area contributed by atoms with E-state index in [2.05, 4.69) is 23.5 Å². The van der Waals surface area contributed by atoms with Crippen LogP contribution < -0.4 is 10.1 Å². The topological polar surface area (TPSA) is 30.5 Å². The Balaban J connectivity index is 1.65. The minimum atomic E-state index is 0.663. The molecule has 1 aromatic rings. The Hall–Kier alpha value is -1.06. The van der Waals surface area contributed by atoms with Gasteiger partial charge in [0, 0.05) is 19.8 Å². The van der Waals surface area contributed by atoms with Crippen LogP contribution in [0.15, 0.2) is 18.2 Å². The molecule has 0 atom stereocenters. The van der Waals surface area contributed by atoms with Crippen LogP contribution in [0.2, 0.25) is 0 Å². The van der Waals surface area contributed by atoms with E-state index in [1.165, 1.54) is 11.1 Å². The quantitative estimate of drug-likeness (QED) is 0.887. The van der Waals surface area contributed by atoms with Crippen LogP contribution >= 0.6 is 0 Å². The molecule has 18 heavy (non-hydrogen) atoms. The summed E-state index contributed by atoms with van der Waals surface area (Å²) in [6.07, 6.45) is 3.35. The normalized spacial score (nSPS) is 20.4. The van der Waals surface area contributed by atoms with Crippen LogP contribution in [0.1, 0.15) is 24.0 Å². The summed E-state index contributed by atoms with van der Waals surface area (Å²) < 4.78 is 11.4. The van der Waals surface area contributed by atoms with E-state index in [9.17, 15) is 0 Å². The summed E-state index contributed by atoms with van der Waals surface area (Å²) in [7, 11) is 0. The SMILES string of the molecule is c1cc2c(c(OCC3CCOCC3)c1)CCNC2. The standard InChI is InChI=1S/C15H21NO2/c1-2-13-10-16-7-4-14(13)15(3-1)18-11-12-5-8-17-9-6-12/h1-3,12,16H,4-11H2. The fraction of sp³-hybridized carbons (Fsp3) is 0.600. The van der Waals surface area contributed by atoms with Gasteiger partial charge in [0.2, 0.25) is 0 Å². The second kappa shape index (κ2) is 5.72. The number of hydrogen-bond donors (Lipinski definition) is 1. The van der Waals surface area contributed by atoms with Crippen LogP contribution in [0.4, 0.5) is 0 Å². The number of fused-ring (bicyclic) bond motifs is 1. The lowest BCUT2D eigenvalue weighted by atomic mass is 9.99.